The zero-order valence-electron chi connectivity index (χ0n) is 12.3. The van der Waals surface area contributed by atoms with Crippen LogP contribution in [-0.4, -0.2) is 30.6 Å². The molecule has 1 saturated heterocycles. The Morgan fingerprint density at radius 3 is 2.45 bits per heavy atom. The molecule has 0 spiro atoms. The minimum atomic E-state index is -0.145. The summed E-state index contributed by atoms with van der Waals surface area (Å²) in [5, 5.41) is 3.73. The van der Waals surface area contributed by atoms with E-state index in [1.807, 2.05) is 12.1 Å². The fraction of sp³-hybridized carbons (Fsp3) is 0.647. The Bertz CT molecular complexity index is 421. The first-order valence-corrected chi connectivity index (χ1v) is 7.97. The lowest BCUT2D eigenvalue weighted by Gasteiger charge is -2.27. The molecule has 0 aromatic heterocycles. The number of nitrogens with one attached hydrogen (secondary N) is 1. The molecule has 20 heavy (non-hydrogen) atoms. The SMILES string of the molecule is CC(CNC(c1ccc(F)cc1)C1CC1)N1CCCC1. The number of benzene rings is 1. The monoisotopic (exact) mass is 276 g/mol. The van der Waals surface area contributed by atoms with Crippen molar-refractivity contribution >= 4 is 0 Å². The van der Waals surface area contributed by atoms with E-state index in [1.165, 1.54) is 44.3 Å². The molecule has 110 valence electrons. The zero-order valence-corrected chi connectivity index (χ0v) is 12.3. The normalized spacial score (nSPS) is 22.9. The summed E-state index contributed by atoms with van der Waals surface area (Å²) < 4.78 is 13.1. The molecule has 2 aliphatic rings. The van der Waals surface area contributed by atoms with Gasteiger partial charge in [-0.2, -0.15) is 0 Å². The van der Waals surface area contributed by atoms with Crippen molar-refractivity contribution in [3.63, 3.8) is 0 Å². The Balaban J connectivity index is 1.58. The maximum atomic E-state index is 13.1. The summed E-state index contributed by atoms with van der Waals surface area (Å²) in [7, 11) is 0. The fourth-order valence-electron chi connectivity index (χ4n) is 3.27. The third-order valence-corrected chi connectivity index (χ3v) is 4.72. The molecular weight excluding hydrogens is 251 g/mol. The molecule has 1 aliphatic heterocycles. The van der Waals surface area contributed by atoms with E-state index in [1.54, 1.807) is 12.1 Å². The van der Waals surface area contributed by atoms with E-state index in [2.05, 4.69) is 17.1 Å². The molecule has 1 N–H and O–H groups in total. The van der Waals surface area contributed by atoms with E-state index in [0.717, 1.165) is 12.5 Å². The summed E-state index contributed by atoms with van der Waals surface area (Å²) in [6.07, 6.45) is 5.28. The van der Waals surface area contributed by atoms with Crippen LogP contribution in [-0.2, 0) is 0 Å². The Hall–Kier alpha value is -0.930. The van der Waals surface area contributed by atoms with E-state index in [9.17, 15) is 4.39 Å². The summed E-state index contributed by atoms with van der Waals surface area (Å²) in [5.41, 5.74) is 1.24. The van der Waals surface area contributed by atoms with Gasteiger partial charge >= 0.3 is 0 Å². The second-order valence-corrected chi connectivity index (χ2v) is 6.37. The first kappa shape index (κ1) is 14.0. The predicted octanol–water partition coefficient (Wildman–Crippen LogP) is 3.35. The summed E-state index contributed by atoms with van der Waals surface area (Å²) in [5.74, 6) is 0.597. The minimum Gasteiger partial charge on any atom is -0.308 e. The van der Waals surface area contributed by atoms with Crippen molar-refractivity contribution < 1.29 is 4.39 Å². The largest absolute Gasteiger partial charge is 0.308 e. The van der Waals surface area contributed by atoms with Crippen molar-refractivity contribution in [2.75, 3.05) is 19.6 Å². The molecule has 0 bridgehead atoms. The molecular formula is C17H25FN2. The second-order valence-electron chi connectivity index (χ2n) is 6.37. The molecule has 1 aromatic carbocycles. The fourth-order valence-corrected chi connectivity index (χ4v) is 3.27. The van der Waals surface area contributed by atoms with Gasteiger partial charge in [-0.05, 0) is 69.3 Å². The third kappa shape index (κ3) is 3.39. The van der Waals surface area contributed by atoms with Gasteiger partial charge in [0.15, 0.2) is 0 Å². The molecule has 3 rings (SSSR count). The van der Waals surface area contributed by atoms with Crippen LogP contribution < -0.4 is 5.32 Å². The topological polar surface area (TPSA) is 15.3 Å². The first-order chi connectivity index (χ1) is 9.74. The van der Waals surface area contributed by atoms with Gasteiger partial charge in [0.05, 0.1) is 0 Å². The number of nitrogens with zero attached hydrogens (tertiary/aromatic N) is 1. The van der Waals surface area contributed by atoms with Gasteiger partial charge in [0.25, 0.3) is 0 Å². The van der Waals surface area contributed by atoms with E-state index in [4.69, 9.17) is 0 Å². The maximum absolute atomic E-state index is 13.1. The highest BCUT2D eigenvalue weighted by molar-refractivity contribution is 5.22. The summed E-state index contributed by atoms with van der Waals surface area (Å²) in [6.45, 7) is 5.83. The third-order valence-electron chi connectivity index (χ3n) is 4.72. The summed E-state index contributed by atoms with van der Waals surface area (Å²) >= 11 is 0. The van der Waals surface area contributed by atoms with E-state index in [0.29, 0.717) is 12.1 Å². The number of likely N-dealkylation sites (tertiary alicyclic amines) is 1. The lowest BCUT2D eigenvalue weighted by molar-refractivity contribution is 0.243. The second kappa shape index (κ2) is 6.23. The molecule has 1 aliphatic carbocycles. The van der Waals surface area contributed by atoms with Crippen molar-refractivity contribution in [2.24, 2.45) is 5.92 Å². The van der Waals surface area contributed by atoms with Gasteiger partial charge in [0.2, 0.25) is 0 Å². The standard InChI is InChI=1S/C17H25FN2/c1-13(20-10-2-3-11-20)12-19-17(14-4-5-14)15-6-8-16(18)9-7-15/h6-9,13-14,17,19H,2-5,10-12H2,1H3. The Kier molecular flexibility index (Phi) is 4.37. The summed E-state index contributed by atoms with van der Waals surface area (Å²) in [6, 6.07) is 8.03. The minimum absolute atomic E-state index is 0.145. The first-order valence-electron chi connectivity index (χ1n) is 7.97. The van der Waals surface area contributed by atoms with E-state index in [-0.39, 0.29) is 5.82 Å². The van der Waals surface area contributed by atoms with Crippen LogP contribution in [0.5, 0.6) is 0 Å². The smallest absolute Gasteiger partial charge is 0.123 e. The quantitative estimate of drug-likeness (QED) is 0.857. The van der Waals surface area contributed by atoms with Gasteiger partial charge in [-0.1, -0.05) is 12.1 Å². The Morgan fingerprint density at radius 1 is 1.20 bits per heavy atom. The van der Waals surface area contributed by atoms with Gasteiger partial charge in [-0.15, -0.1) is 0 Å². The number of rotatable bonds is 6. The van der Waals surface area contributed by atoms with Gasteiger partial charge in [-0.3, -0.25) is 4.90 Å². The van der Waals surface area contributed by atoms with Crippen LogP contribution in [0.1, 0.15) is 44.2 Å². The van der Waals surface area contributed by atoms with Crippen LogP contribution in [0.3, 0.4) is 0 Å². The predicted molar refractivity (Wildman–Crippen MR) is 80.1 cm³/mol. The molecule has 1 heterocycles. The molecule has 2 unspecified atom stereocenters. The van der Waals surface area contributed by atoms with Crippen molar-refractivity contribution in [1.82, 2.24) is 10.2 Å². The maximum Gasteiger partial charge on any atom is 0.123 e. The highest BCUT2D eigenvalue weighted by Gasteiger charge is 2.32. The Morgan fingerprint density at radius 2 is 1.85 bits per heavy atom. The molecule has 0 amide bonds. The van der Waals surface area contributed by atoms with Crippen molar-refractivity contribution in [3.8, 4) is 0 Å². The molecule has 2 fully saturated rings. The van der Waals surface area contributed by atoms with Crippen molar-refractivity contribution in [2.45, 2.75) is 44.7 Å². The van der Waals surface area contributed by atoms with Gasteiger partial charge in [0, 0.05) is 18.6 Å². The number of hydrogen-bond donors (Lipinski definition) is 1. The molecule has 2 atom stereocenters. The van der Waals surface area contributed by atoms with Crippen molar-refractivity contribution in [3.05, 3.63) is 35.6 Å². The van der Waals surface area contributed by atoms with E-state index < -0.39 is 0 Å². The lowest BCUT2D eigenvalue weighted by Crippen LogP contribution is -2.40. The average molecular weight is 276 g/mol. The van der Waals surface area contributed by atoms with Crippen LogP contribution in [0.2, 0.25) is 0 Å². The summed E-state index contributed by atoms with van der Waals surface area (Å²) in [4.78, 5) is 2.57. The van der Waals surface area contributed by atoms with Crippen LogP contribution in [0.4, 0.5) is 4.39 Å². The molecule has 2 nitrogen and oxygen atoms in total. The van der Waals surface area contributed by atoms with Crippen LogP contribution in [0.25, 0.3) is 0 Å². The highest BCUT2D eigenvalue weighted by Crippen LogP contribution is 2.41. The molecule has 1 saturated carbocycles. The molecule has 0 radical (unpaired) electrons. The number of halogens is 1. The average Bonchev–Trinajstić information content (AvgIpc) is 3.14. The van der Waals surface area contributed by atoms with Crippen molar-refractivity contribution in [1.29, 1.82) is 0 Å². The lowest BCUT2D eigenvalue weighted by atomic mass is 10.0. The van der Waals surface area contributed by atoms with Gasteiger partial charge < -0.3 is 5.32 Å². The highest BCUT2D eigenvalue weighted by atomic mass is 19.1. The molecule has 1 aromatic rings. The van der Waals surface area contributed by atoms with Gasteiger partial charge in [-0.25, -0.2) is 4.39 Å². The zero-order chi connectivity index (χ0) is 13.9. The van der Waals surface area contributed by atoms with E-state index >= 15 is 0 Å². The Labute approximate surface area is 121 Å². The number of hydrogen-bond acceptors (Lipinski definition) is 2. The van der Waals surface area contributed by atoms with Crippen LogP contribution in [0.15, 0.2) is 24.3 Å². The van der Waals surface area contributed by atoms with Crippen LogP contribution >= 0.6 is 0 Å². The molecule has 3 heteroatoms. The van der Waals surface area contributed by atoms with Gasteiger partial charge in [0.1, 0.15) is 5.82 Å². The van der Waals surface area contributed by atoms with Crippen LogP contribution in [0, 0.1) is 11.7 Å².